The summed E-state index contributed by atoms with van der Waals surface area (Å²) in [5.74, 6) is -1.47. The lowest BCUT2D eigenvalue weighted by molar-refractivity contribution is -0.157. The van der Waals surface area contributed by atoms with Gasteiger partial charge in [-0.15, -0.1) is 11.3 Å². The number of hydrogen-bond acceptors (Lipinski definition) is 6. The second-order valence-electron chi connectivity index (χ2n) is 5.67. The highest BCUT2D eigenvalue weighted by atomic mass is 35.5. The van der Waals surface area contributed by atoms with Crippen LogP contribution in [-0.4, -0.2) is 30.3 Å². The van der Waals surface area contributed by atoms with Crippen LogP contribution in [0.2, 0.25) is 4.34 Å². The van der Waals surface area contributed by atoms with Gasteiger partial charge in [-0.25, -0.2) is 4.79 Å². The smallest absolute Gasteiger partial charge is 0.416 e. The summed E-state index contributed by atoms with van der Waals surface area (Å²) < 4.78 is 43.0. The van der Waals surface area contributed by atoms with Crippen LogP contribution in [0.25, 0.3) is 0 Å². The number of halogens is 4. The van der Waals surface area contributed by atoms with Crippen molar-refractivity contribution in [1.29, 1.82) is 0 Å². The van der Waals surface area contributed by atoms with Crippen molar-refractivity contribution >= 4 is 46.2 Å². The highest BCUT2D eigenvalue weighted by molar-refractivity contribution is 7.18. The number of alkyl halides is 3. The summed E-state index contributed by atoms with van der Waals surface area (Å²) in [7, 11) is 0. The van der Waals surface area contributed by atoms with Crippen molar-refractivity contribution in [3.63, 3.8) is 0 Å². The van der Waals surface area contributed by atoms with Gasteiger partial charge in [0.05, 0.1) is 14.8 Å². The normalized spacial score (nSPS) is 16.3. The summed E-state index contributed by atoms with van der Waals surface area (Å²) in [6, 6.07) is 7.33. The molecule has 1 aromatic carbocycles. The Kier molecular flexibility index (Phi) is 5.90. The quantitative estimate of drug-likeness (QED) is 0.722. The first kappa shape index (κ1) is 20.2. The lowest BCUT2D eigenvalue weighted by Crippen LogP contribution is -2.28. The number of nitrogens with one attached hydrogen (secondary N) is 1. The van der Waals surface area contributed by atoms with E-state index in [1.807, 2.05) is 0 Å². The van der Waals surface area contributed by atoms with E-state index >= 15 is 0 Å². The number of esters is 1. The topological polar surface area (TPSA) is 77.0 Å². The number of thiophene rings is 1. The number of nitrogens with zero attached hydrogens (tertiary/aromatic N) is 1. The van der Waals surface area contributed by atoms with E-state index in [0.717, 1.165) is 29.1 Å². The molecule has 0 saturated heterocycles. The first-order valence-corrected chi connectivity index (χ1v) is 9.04. The monoisotopic (exact) mass is 432 g/mol. The van der Waals surface area contributed by atoms with Crippen molar-refractivity contribution < 1.29 is 32.3 Å². The van der Waals surface area contributed by atoms with E-state index in [4.69, 9.17) is 21.2 Å². The van der Waals surface area contributed by atoms with E-state index in [0.29, 0.717) is 10.0 Å². The molecule has 1 amide bonds. The predicted molar refractivity (Wildman–Crippen MR) is 96.4 cm³/mol. The van der Waals surface area contributed by atoms with Crippen molar-refractivity contribution in [2.75, 3.05) is 11.9 Å². The molecule has 2 aromatic rings. The summed E-state index contributed by atoms with van der Waals surface area (Å²) in [6.07, 6.45) is -5.26. The van der Waals surface area contributed by atoms with Crippen LogP contribution in [0.15, 0.2) is 41.6 Å². The fraction of sp³-hybridized carbons (Fsp3) is 0.235. The standard InChI is InChI=1S/C17H12ClF3N2O4S/c18-14-6-5-13(28-14)11-7-12(27-23-11)16(25)26-8-15(24)22-10-3-1-9(2-4-10)17(19,20)21/h1-6,12H,7-8H2,(H,22,24)/t12-/m0/s1. The molecule has 0 spiro atoms. The fourth-order valence-electron chi connectivity index (χ4n) is 2.29. The van der Waals surface area contributed by atoms with Gasteiger partial charge in [0.2, 0.25) is 6.10 Å². The molecule has 0 aliphatic carbocycles. The maximum atomic E-state index is 12.5. The Bertz CT molecular complexity index is 912. The summed E-state index contributed by atoms with van der Waals surface area (Å²) in [6.45, 7) is -0.611. The molecule has 0 fully saturated rings. The molecule has 1 N–H and O–H groups in total. The van der Waals surface area contributed by atoms with Crippen LogP contribution in [0, 0.1) is 0 Å². The van der Waals surface area contributed by atoms with Crippen molar-refractivity contribution in [3.8, 4) is 0 Å². The van der Waals surface area contributed by atoms with Crippen LogP contribution < -0.4 is 5.32 Å². The third kappa shape index (κ3) is 5.02. The van der Waals surface area contributed by atoms with Crippen LogP contribution in [0.4, 0.5) is 18.9 Å². The van der Waals surface area contributed by atoms with E-state index in [1.165, 1.54) is 11.3 Å². The van der Waals surface area contributed by atoms with E-state index in [9.17, 15) is 22.8 Å². The first-order valence-electron chi connectivity index (χ1n) is 7.84. The molecule has 148 valence electrons. The Morgan fingerprint density at radius 1 is 1.25 bits per heavy atom. The molecule has 1 atom stereocenters. The fourth-order valence-corrected chi connectivity index (χ4v) is 3.32. The van der Waals surface area contributed by atoms with Gasteiger partial charge >= 0.3 is 12.1 Å². The molecule has 1 aliphatic rings. The SMILES string of the molecule is O=C(COC(=O)[C@@H]1CC(c2ccc(Cl)s2)=NO1)Nc1ccc(C(F)(F)F)cc1. The van der Waals surface area contributed by atoms with Crippen molar-refractivity contribution in [2.45, 2.75) is 18.7 Å². The van der Waals surface area contributed by atoms with Gasteiger partial charge in [0.1, 0.15) is 5.71 Å². The lowest BCUT2D eigenvalue weighted by atomic mass is 10.1. The predicted octanol–water partition coefficient (Wildman–Crippen LogP) is 4.10. The maximum absolute atomic E-state index is 12.5. The first-order chi connectivity index (χ1) is 13.2. The third-order valence-electron chi connectivity index (χ3n) is 3.63. The molecule has 2 heterocycles. The van der Waals surface area contributed by atoms with Crippen LogP contribution in [0.1, 0.15) is 16.9 Å². The largest absolute Gasteiger partial charge is 0.453 e. The Hall–Kier alpha value is -2.59. The number of anilines is 1. The molecule has 0 bridgehead atoms. The molecule has 0 unspecified atom stereocenters. The summed E-state index contributed by atoms with van der Waals surface area (Å²) >= 11 is 7.14. The second-order valence-corrected chi connectivity index (χ2v) is 7.39. The summed E-state index contributed by atoms with van der Waals surface area (Å²) in [4.78, 5) is 29.6. The Labute approximate surface area is 165 Å². The van der Waals surface area contributed by atoms with E-state index in [-0.39, 0.29) is 12.1 Å². The minimum absolute atomic E-state index is 0.145. The van der Waals surface area contributed by atoms with Gasteiger partial charge in [0, 0.05) is 12.1 Å². The molecule has 6 nitrogen and oxygen atoms in total. The van der Waals surface area contributed by atoms with Gasteiger partial charge in [0.15, 0.2) is 6.61 Å². The highest BCUT2D eigenvalue weighted by Crippen LogP contribution is 2.30. The van der Waals surface area contributed by atoms with Gasteiger partial charge in [-0.05, 0) is 36.4 Å². The molecule has 1 aromatic heterocycles. The van der Waals surface area contributed by atoms with Gasteiger partial charge < -0.3 is 14.9 Å². The third-order valence-corrected chi connectivity index (χ3v) is 4.91. The number of ether oxygens (including phenoxy) is 1. The lowest BCUT2D eigenvalue weighted by Gasteiger charge is -2.10. The number of hydrogen-bond donors (Lipinski definition) is 1. The average Bonchev–Trinajstić information content (AvgIpc) is 3.28. The number of carbonyl (C=O) groups is 2. The zero-order valence-corrected chi connectivity index (χ0v) is 15.5. The van der Waals surface area contributed by atoms with Crippen LogP contribution >= 0.6 is 22.9 Å². The van der Waals surface area contributed by atoms with Crippen molar-refractivity contribution in [3.05, 3.63) is 51.2 Å². The van der Waals surface area contributed by atoms with Gasteiger partial charge in [-0.2, -0.15) is 13.2 Å². The van der Waals surface area contributed by atoms with Gasteiger partial charge in [-0.3, -0.25) is 4.79 Å². The number of rotatable bonds is 5. The molecule has 3 rings (SSSR count). The zero-order valence-electron chi connectivity index (χ0n) is 14.0. The zero-order chi connectivity index (χ0) is 20.3. The number of benzene rings is 1. The maximum Gasteiger partial charge on any atom is 0.416 e. The van der Waals surface area contributed by atoms with Crippen molar-refractivity contribution in [1.82, 2.24) is 0 Å². The highest BCUT2D eigenvalue weighted by Gasteiger charge is 2.32. The van der Waals surface area contributed by atoms with Crippen LogP contribution in [0.5, 0.6) is 0 Å². The minimum Gasteiger partial charge on any atom is -0.453 e. The molecular weight excluding hydrogens is 421 g/mol. The number of amides is 1. The van der Waals surface area contributed by atoms with Crippen LogP contribution in [-0.2, 0) is 25.3 Å². The molecule has 11 heteroatoms. The minimum atomic E-state index is -4.46. The molecule has 28 heavy (non-hydrogen) atoms. The van der Waals surface area contributed by atoms with E-state index < -0.39 is 36.3 Å². The van der Waals surface area contributed by atoms with Crippen LogP contribution in [0.3, 0.4) is 0 Å². The Morgan fingerprint density at radius 2 is 1.96 bits per heavy atom. The van der Waals surface area contributed by atoms with Gasteiger partial charge in [0.25, 0.3) is 5.91 Å². The number of carbonyl (C=O) groups excluding carboxylic acids is 2. The van der Waals surface area contributed by atoms with E-state index in [1.54, 1.807) is 12.1 Å². The molecule has 0 radical (unpaired) electrons. The molecule has 1 aliphatic heterocycles. The average molecular weight is 433 g/mol. The number of oxime groups is 1. The second kappa shape index (κ2) is 8.19. The molecule has 0 saturated carbocycles. The summed E-state index contributed by atoms with van der Waals surface area (Å²) in [5, 5.41) is 6.16. The Balaban J connectivity index is 1.45. The van der Waals surface area contributed by atoms with Crippen molar-refractivity contribution in [2.24, 2.45) is 5.16 Å². The molecular formula is C17H12ClF3N2O4S. The van der Waals surface area contributed by atoms with Gasteiger partial charge in [-0.1, -0.05) is 16.8 Å². The van der Waals surface area contributed by atoms with E-state index in [2.05, 4.69) is 10.5 Å². The Morgan fingerprint density at radius 3 is 2.57 bits per heavy atom. The summed E-state index contributed by atoms with van der Waals surface area (Å²) in [5.41, 5.74) is -0.141.